The molecular formula is C12H12BrF6N. The van der Waals surface area contributed by atoms with E-state index in [4.69, 9.17) is 5.73 Å². The Labute approximate surface area is 120 Å². The first-order valence-corrected chi connectivity index (χ1v) is 6.37. The van der Waals surface area contributed by atoms with E-state index in [1.165, 1.54) is 22.9 Å². The van der Waals surface area contributed by atoms with Crippen LogP contribution in [0.5, 0.6) is 0 Å². The van der Waals surface area contributed by atoms with Crippen LogP contribution < -0.4 is 5.73 Å². The normalized spacial score (nSPS) is 16.1. The molecule has 0 radical (unpaired) electrons. The maximum Gasteiger partial charge on any atom is 0.433 e. The third kappa shape index (κ3) is 2.62. The van der Waals surface area contributed by atoms with Crippen LogP contribution in [0.1, 0.15) is 23.6 Å². The Morgan fingerprint density at radius 2 is 1.60 bits per heavy atom. The minimum Gasteiger partial charge on any atom is -0.398 e. The van der Waals surface area contributed by atoms with Gasteiger partial charge in [-0.15, -0.1) is 0 Å². The van der Waals surface area contributed by atoms with Crippen molar-refractivity contribution in [2.75, 3.05) is 5.73 Å². The predicted octanol–water partition coefficient (Wildman–Crippen LogP) is 4.85. The fraction of sp³-hybridized carbons (Fsp3) is 0.500. The minimum absolute atomic E-state index is 0.113. The number of halogens is 7. The molecule has 0 saturated heterocycles. The number of alkyl halides is 7. The molecule has 1 aromatic rings. The highest BCUT2D eigenvalue weighted by Gasteiger charge is 2.71. The van der Waals surface area contributed by atoms with E-state index < -0.39 is 22.2 Å². The van der Waals surface area contributed by atoms with Gasteiger partial charge in [0.05, 0.1) is 0 Å². The van der Waals surface area contributed by atoms with Crippen LogP contribution in [-0.2, 0) is 12.1 Å². The molecule has 20 heavy (non-hydrogen) atoms. The Balaban J connectivity index is 3.65. The van der Waals surface area contributed by atoms with E-state index >= 15 is 0 Å². The summed E-state index contributed by atoms with van der Waals surface area (Å²) in [5, 5.41) is 0. The molecule has 0 amide bonds. The quantitative estimate of drug-likeness (QED) is 0.463. The Hall–Kier alpha value is -0.920. The summed E-state index contributed by atoms with van der Waals surface area (Å²) in [4.78, 5) is -4.80. The SMILES string of the molecule is CCc1cc(C(F)(C(F)(F)F)C(F)(F)Br)cc(C)c1N. The lowest BCUT2D eigenvalue weighted by atomic mass is 9.90. The molecule has 0 aliphatic carbocycles. The van der Waals surface area contributed by atoms with E-state index in [0.717, 1.165) is 6.07 Å². The highest BCUT2D eigenvalue weighted by molar-refractivity contribution is 9.10. The summed E-state index contributed by atoms with van der Waals surface area (Å²) in [6.45, 7) is 2.91. The summed E-state index contributed by atoms with van der Waals surface area (Å²) in [6.07, 6.45) is -5.59. The van der Waals surface area contributed by atoms with Crippen LogP contribution in [0, 0.1) is 6.92 Å². The van der Waals surface area contributed by atoms with Gasteiger partial charge in [0.2, 0.25) is 0 Å². The maximum atomic E-state index is 14.2. The monoisotopic (exact) mass is 363 g/mol. The minimum atomic E-state index is -5.78. The molecule has 1 aromatic carbocycles. The average Bonchev–Trinajstić information content (AvgIpc) is 2.28. The van der Waals surface area contributed by atoms with Crippen molar-refractivity contribution in [1.82, 2.24) is 0 Å². The first-order chi connectivity index (χ1) is 8.86. The zero-order chi connectivity index (χ0) is 15.9. The van der Waals surface area contributed by atoms with Crippen molar-refractivity contribution in [3.63, 3.8) is 0 Å². The molecule has 1 unspecified atom stereocenters. The second-order valence-corrected chi connectivity index (χ2v) is 5.37. The third-order valence-electron chi connectivity index (χ3n) is 3.03. The predicted molar refractivity (Wildman–Crippen MR) is 67.7 cm³/mol. The molecule has 2 N–H and O–H groups in total. The van der Waals surface area contributed by atoms with E-state index in [9.17, 15) is 26.3 Å². The average molecular weight is 364 g/mol. The fourth-order valence-electron chi connectivity index (χ4n) is 1.85. The van der Waals surface area contributed by atoms with E-state index in [0.29, 0.717) is 6.07 Å². The van der Waals surface area contributed by atoms with Crippen LogP contribution in [-0.4, -0.2) is 11.0 Å². The molecule has 0 bridgehead atoms. The smallest absolute Gasteiger partial charge is 0.398 e. The van der Waals surface area contributed by atoms with Crippen molar-refractivity contribution in [3.05, 3.63) is 28.8 Å². The number of rotatable bonds is 3. The molecule has 8 heteroatoms. The zero-order valence-corrected chi connectivity index (χ0v) is 12.2. The lowest BCUT2D eigenvalue weighted by molar-refractivity contribution is -0.282. The van der Waals surface area contributed by atoms with Crippen molar-refractivity contribution in [2.45, 2.75) is 36.9 Å². The van der Waals surface area contributed by atoms with Crippen LogP contribution in [0.4, 0.5) is 32.0 Å². The van der Waals surface area contributed by atoms with E-state index in [-0.39, 0.29) is 23.2 Å². The van der Waals surface area contributed by atoms with E-state index in [1.54, 1.807) is 6.92 Å². The molecule has 1 rings (SSSR count). The number of nitrogens with two attached hydrogens (primary N) is 1. The van der Waals surface area contributed by atoms with Gasteiger partial charge >= 0.3 is 16.7 Å². The van der Waals surface area contributed by atoms with Gasteiger partial charge in [-0.3, -0.25) is 0 Å². The number of hydrogen-bond acceptors (Lipinski definition) is 1. The molecule has 0 heterocycles. The highest BCUT2D eigenvalue weighted by atomic mass is 79.9. The largest absolute Gasteiger partial charge is 0.433 e. The second kappa shape index (κ2) is 5.13. The molecule has 0 aromatic heterocycles. The summed E-state index contributed by atoms with van der Waals surface area (Å²) in [5.41, 5.74) is 0.0807. The first kappa shape index (κ1) is 17.1. The van der Waals surface area contributed by atoms with Gasteiger partial charge in [0.25, 0.3) is 0 Å². The Bertz CT molecular complexity index is 492. The second-order valence-electron chi connectivity index (χ2n) is 4.37. The first-order valence-electron chi connectivity index (χ1n) is 5.58. The molecule has 0 aliphatic rings. The molecule has 0 fully saturated rings. The summed E-state index contributed by atoms with van der Waals surface area (Å²) in [6, 6.07) is 1.42. The standard InChI is InChI=1S/C12H12BrF6N/c1-3-7-5-8(4-6(2)9(7)20)10(14,11(13,15)16)12(17,18)19/h4-5H,3,20H2,1-2H3. The fourth-order valence-corrected chi connectivity index (χ4v) is 2.30. The lowest BCUT2D eigenvalue weighted by Gasteiger charge is -2.32. The molecule has 1 nitrogen and oxygen atoms in total. The Morgan fingerprint density at radius 1 is 1.10 bits per heavy atom. The summed E-state index contributed by atoms with van der Waals surface area (Å²) in [5.74, 6) is 0. The van der Waals surface area contributed by atoms with Crippen LogP contribution in [0.25, 0.3) is 0 Å². The molecule has 1 atom stereocenters. The van der Waals surface area contributed by atoms with Gasteiger partial charge in [0, 0.05) is 11.3 Å². The van der Waals surface area contributed by atoms with Crippen LogP contribution >= 0.6 is 15.9 Å². The van der Waals surface area contributed by atoms with Crippen molar-refractivity contribution in [2.24, 2.45) is 0 Å². The van der Waals surface area contributed by atoms with E-state index in [2.05, 4.69) is 0 Å². The van der Waals surface area contributed by atoms with Gasteiger partial charge < -0.3 is 5.73 Å². The molecule has 114 valence electrons. The van der Waals surface area contributed by atoms with Crippen molar-refractivity contribution in [1.29, 1.82) is 0 Å². The van der Waals surface area contributed by atoms with Crippen molar-refractivity contribution >= 4 is 21.6 Å². The summed E-state index contributed by atoms with van der Waals surface area (Å²) >= 11 is 1.50. The van der Waals surface area contributed by atoms with Gasteiger partial charge in [-0.1, -0.05) is 13.0 Å². The number of anilines is 1. The van der Waals surface area contributed by atoms with Crippen LogP contribution in [0.15, 0.2) is 12.1 Å². The van der Waals surface area contributed by atoms with Crippen LogP contribution in [0.3, 0.4) is 0 Å². The Morgan fingerprint density at radius 3 is 1.95 bits per heavy atom. The number of nitrogen functional groups attached to an aromatic ring is 1. The third-order valence-corrected chi connectivity index (χ3v) is 3.58. The van der Waals surface area contributed by atoms with Gasteiger partial charge in [-0.2, -0.15) is 22.0 Å². The molecule has 0 aliphatic heterocycles. The van der Waals surface area contributed by atoms with Gasteiger partial charge in [-0.05, 0) is 46.5 Å². The number of aryl methyl sites for hydroxylation is 2. The topological polar surface area (TPSA) is 26.0 Å². The summed E-state index contributed by atoms with van der Waals surface area (Å²) in [7, 11) is 0. The number of hydrogen-bond donors (Lipinski definition) is 1. The maximum absolute atomic E-state index is 14.2. The molecule has 0 spiro atoms. The molecule has 0 saturated carbocycles. The number of benzene rings is 1. The van der Waals surface area contributed by atoms with E-state index in [1.807, 2.05) is 0 Å². The van der Waals surface area contributed by atoms with Crippen LogP contribution in [0.2, 0.25) is 0 Å². The zero-order valence-electron chi connectivity index (χ0n) is 10.6. The van der Waals surface area contributed by atoms with Gasteiger partial charge in [-0.25, -0.2) is 4.39 Å². The van der Waals surface area contributed by atoms with Gasteiger partial charge in [0.1, 0.15) is 0 Å². The lowest BCUT2D eigenvalue weighted by Crippen LogP contribution is -2.49. The Kier molecular flexibility index (Phi) is 4.39. The highest BCUT2D eigenvalue weighted by Crippen LogP contribution is 2.55. The van der Waals surface area contributed by atoms with Crippen molar-refractivity contribution < 1.29 is 26.3 Å². The molecular weight excluding hydrogens is 352 g/mol. The van der Waals surface area contributed by atoms with Crippen molar-refractivity contribution in [3.8, 4) is 0 Å². The van der Waals surface area contributed by atoms with Gasteiger partial charge in [0.15, 0.2) is 0 Å². The summed E-state index contributed by atoms with van der Waals surface area (Å²) < 4.78 is 79.1.